The van der Waals surface area contributed by atoms with Crippen LogP contribution in [0.3, 0.4) is 0 Å². The van der Waals surface area contributed by atoms with Crippen molar-refractivity contribution in [3.8, 4) is 0 Å². The molecule has 1 N–H and O–H groups in total. The number of hydrogen-bond acceptors (Lipinski definition) is 5. The van der Waals surface area contributed by atoms with Crippen LogP contribution in [0.5, 0.6) is 0 Å². The van der Waals surface area contributed by atoms with Gasteiger partial charge < -0.3 is 14.1 Å². The lowest BCUT2D eigenvalue weighted by atomic mass is 10.7. The van der Waals surface area contributed by atoms with Crippen molar-refractivity contribution >= 4 is 13.8 Å². The Morgan fingerprint density at radius 2 is 2.00 bits per heavy atom. The summed E-state index contributed by atoms with van der Waals surface area (Å²) in [5.41, 5.74) is 0. The van der Waals surface area contributed by atoms with E-state index in [1.165, 1.54) is 0 Å². The highest BCUT2D eigenvalue weighted by Crippen LogP contribution is 2.43. The van der Waals surface area contributed by atoms with Crippen LogP contribution < -0.4 is 0 Å². The normalized spacial score (nSPS) is 15.2. The number of phosphoric acid groups is 1. The second-order valence-corrected chi connectivity index (χ2v) is 5.39. The summed E-state index contributed by atoms with van der Waals surface area (Å²) >= 11 is 0. The molecular formula is C8H17NO6P+. The molecule has 0 aromatic carbocycles. The minimum atomic E-state index is -4.18. The third-order valence-electron chi connectivity index (χ3n) is 1.19. The van der Waals surface area contributed by atoms with E-state index in [1.54, 1.807) is 21.1 Å². The van der Waals surface area contributed by atoms with Crippen molar-refractivity contribution in [3.05, 3.63) is 12.7 Å². The van der Waals surface area contributed by atoms with Crippen molar-refractivity contribution in [3.63, 3.8) is 0 Å². The molecule has 0 heterocycles. The van der Waals surface area contributed by atoms with Gasteiger partial charge in [0.15, 0.2) is 6.73 Å². The Labute approximate surface area is 94.4 Å². The van der Waals surface area contributed by atoms with Crippen LogP contribution in [0.2, 0.25) is 0 Å². The number of quaternary nitrogens is 1. The van der Waals surface area contributed by atoms with E-state index in [0.29, 0.717) is 4.48 Å². The van der Waals surface area contributed by atoms with Gasteiger partial charge in [-0.15, -0.1) is 0 Å². The zero-order valence-corrected chi connectivity index (χ0v) is 10.5. The third kappa shape index (κ3) is 8.58. The van der Waals surface area contributed by atoms with Gasteiger partial charge in [-0.25, -0.2) is 18.4 Å². The topological polar surface area (TPSA) is 82.1 Å². The van der Waals surface area contributed by atoms with Crippen molar-refractivity contribution in [2.24, 2.45) is 0 Å². The van der Waals surface area contributed by atoms with Crippen molar-refractivity contribution in [1.29, 1.82) is 0 Å². The minimum Gasteiger partial charge on any atom is -0.435 e. The number of hydrogen-bond donors (Lipinski definition) is 1. The SMILES string of the molecule is C=CC(=O)OCOP(=O)(O)OC[N+](C)(C)C. The first kappa shape index (κ1) is 15.3. The number of ether oxygens (including phenoxy) is 1. The lowest BCUT2D eigenvalue weighted by molar-refractivity contribution is -0.887. The third-order valence-corrected chi connectivity index (χ3v) is 2.07. The number of rotatable bonds is 7. The van der Waals surface area contributed by atoms with Crippen LogP contribution in [0.4, 0.5) is 0 Å². The molecule has 0 aromatic rings. The van der Waals surface area contributed by atoms with Gasteiger partial charge in [-0.1, -0.05) is 6.58 Å². The fourth-order valence-corrected chi connectivity index (χ4v) is 1.25. The summed E-state index contributed by atoms with van der Waals surface area (Å²) in [6.45, 7) is 2.48. The smallest absolute Gasteiger partial charge is 0.435 e. The summed E-state index contributed by atoms with van der Waals surface area (Å²) in [6, 6.07) is 0. The van der Waals surface area contributed by atoms with Crippen LogP contribution in [0.25, 0.3) is 0 Å². The molecule has 0 aliphatic carbocycles. The van der Waals surface area contributed by atoms with Gasteiger partial charge in [-0.2, -0.15) is 0 Å². The second-order valence-electron chi connectivity index (χ2n) is 3.93. The highest BCUT2D eigenvalue weighted by atomic mass is 31.2. The van der Waals surface area contributed by atoms with E-state index in [4.69, 9.17) is 4.89 Å². The Kier molecular flexibility index (Phi) is 5.85. The van der Waals surface area contributed by atoms with Crippen LogP contribution in [0.15, 0.2) is 12.7 Å². The molecule has 0 aliphatic rings. The maximum atomic E-state index is 11.2. The molecule has 0 rings (SSSR count). The lowest BCUT2D eigenvalue weighted by Crippen LogP contribution is -2.36. The van der Waals surface area contributed by atoms with Crippen LogP contribution in [-0.4, -0.2) is 50.0 Å². The second kappa shape index (κ2) is 6.12. The van der Waals surface area contributed by atoms with Crippen molar-refractivity contribution in [2.75, 3.05) is 34.7 Å². The summed E-state index contributed by atoms with van der Waals surface area (Å²) in [5.74, 6) is -0.744. The number of esters is 1. The first-order chi connectivity index (χ1) is 7.16. The van der Waals surface area contributed by atoms with E-state index in [0.717, 1.165) is 6.08 Å². The molecule has 8 heteroatoms. The molecule has 0 amide bonds. The Bertz CT molecular complexity index is 297. The van der Waals surface area contributed by atoms with Gasteiger partial charge in [-0.3, -0.25) is 0 Å². The fraction of sp³-hybridized carbons (Fsp3) is 0.625. The molecule has 0 aliphatic heterocycles. The minimum absolute atomic E-state index is 0.0107. The fourth-order valence-electron chi connectivity index (χ4n) is 0.493. The number of carbonyl (C=O) groups excluding carboxylic acids is 1. The molecule has 1 atom stereocenters. The summed E-state index contributed by atoms with van der Waals surface area (Å²) in [6.07, 6.45) is 0.915. The molecule has 7 nitrogen and oxygen atoms in total. The van der Waals surface area contributed by atoms with E-state index >= 15 is 0 Å². The van der Waals surface area contributed by atoms with E-state index in [1.807, 2.05) is 0 Å². The summed E-state index contributed by atoms with van der Waals surface area (Å²) < 4.78 is 24.9. The van der Waals surface area contributed by atoms with E-state index in [2.05, 4.69) is 20.4 Å². The predicted octanol–water partition coefficient (Wildman–Crippen LogP) is 0.470. The molecule has 1 unspecified atom stereocenters. The Balaban J connectivity index is 3.92. The summed E-state index contributed by atoms with van der Waals surface area (Å²) in [4.78, 5) is 19.7. The first-order valence-electron chi connectivity index (χ1n) is 4.38. The zero-order valence-electron chi connectivity index (χ0n) is 9.58. The van der Waals surface area contributed by atoms with Gasteiger partial charge in [0, 0.05) is 6.08 Å². The van der Waals surface area contributed by atoms with Crippen molar-refractivity contribution in [1.82, 2.24) is 0 Å². The number of carbonyl (C=O) groups is 1. The molecule has 0 saturated carbocycles. The standard InChI is InChI=1S/C8H16NO6P/c1-5-8(10)13-7-15-16(11,12)14-6-9(2,3)4/h5H,1,6-7H2,2-4H3/p+1. The first-order valence-corrected chi connectivity index (χ1v) is 5.87. The van der Waals surface area contributed by atoms with Crippen LogP contribution in [0, 0.1) is 0 Å². The summed E-state index contributed by atoms with van der Waals surface area (Å²) in [5, 5.41) is 0. The van der Waals surface area contributed by atoms with Gasteiger partial charge in [-0.05, 0) is 0 Å². The maximum Gasteiger partial charge on any atom is 0.479 e. The van der Waals surface area contributed by atoms with E-state index < -0.39 is 20.6 Å². The van der Waals surface area contributed by atoms with Crippen molar-refractivity contribution in [2.45, 2.75) is 0 Å². The summed E-state index contributed by atoms with van der Waals surface area (Å²) in [7, 11) is 1.14. The lowest BCUT2D eigenvalue weighted by Gasteiger charge is -2.24. The van der Waals surface area contributed by atoms with Gasteiger partial charge in [0.2, 0.25) is 6.79 Å². The molecule has 94 valence electrons. The Hall–Kier alpha value is -0.720. The molecule has 0 aromatic heterocycles. The molecule has 0 bridgehead atoms. The Morgan fingerprint density at radius 3 is 2.44 bits per heavy atom. The maximum absolute atomic E-state index is 11.2. The quantitative estimate of drug-likeness (QED) is 0.234. The van der Waals surface area contributed by atoms with Crippen molar-refractivity contribution < 1.29 is 32.5 Å². The molecule has 0 saturated heterocycles. The molecule has 16 heavy (non-hydrogen) atoms. The van der Waals surface area contributed by atoms with Gasteiger partial charge in [0.05, 0.1) is 21.1 Å². The highest BCUT2D eigenvalue weighted by molar-refractivity contribution is 7.47. The van der Waals surface area contributed by atoms with E-state index in [9.17, 15) is 9.36 Å². The van der Waals surface area contributed by atoms with Crippen LogP contribution in [0.1, 0.15) is 0 Å². The highest BCUT2D eigenvalue weighted by Gasteiger charge is 2.25. The Morgan fingerprint density at radius 1 is 1.44 bits per heavy atom. The molecule has 0 spiro atoms. The average Bonchev–Trinajstić information content (AvgIpc) is 2.13. The number of phosphoric ester groups is 1. The molecule has 0 radical (unpaired) electrons. The van der Waals surface area contributed by atoms with Crippen LogP contribution in [-0.2, 0) is 23.1 Å². The molecular weight excluding hydrogens is 237 g/mol. The monoisotopic (exact) mass is 254 g/mol. The zero-order chi connectivity index (χ0) is 12.8. The average molecular weight is 254 g/mol. The van der Waals surface area contributed by atoms with Crippen LogP contribution >= 0.6 is 7.82 Å². The van der Waals surface area contributed by atoms with Gasteiger partial charge >= 0.3 is 13.8 Å². The molecule has 0 fully saturated rings. The van der Waals surface area contributed by atoms with Gasteiger partial charge in [0.25, 0.3) is 0 Å². The number of nitrogens with zero attached hydrogens (tertiary/aromatic N) is 1. The van der Waals surface area contributed by atoms with E-state index in [-0.39, 0.29) is 6.73 Å². The van der Waals surface area contributed by atoms with Gasteiger partial charge in [0.1, 0.15) is 0 Å². The largest absolute Gasteiger partial charge is 0.479 e. The predicted molar refractivity (Wildman–Crippen MR) is 56.1 cm³/mol.